The summed E-state index contributed by atoms with van der Waals surface area (Å²) >= 11 is 0. The molecule has 0 aliphatic carbocycles. The van der Waals surface area contributed by atoms with E-state index in [9.17, 15) is 14.3 Å². The molecule has 0 aliphatic heterocycles. The number of hydrogen-bond donors (Lipinski definition) is 2. The highest BCUT2D eigenvalue weighted by Crippen LogP contribution is 2.47. The molecule has 0 bridgehead atoms. The van der Waals surface area contributed by atoms with Crippen LogP contribution in [0.4, 0.5) is 4.79 Å². The monoisotopic (exact) mass is 411 g/mol. The summed E-state index contributed by atoms with van der Waals surface area (Å²) in [4.78, 5) is 22.9. The van der Waals surface area contributed by atoms with Gasteiger partial charge in [-0.2, -0.15) is 0 Å². The van der Waals surface area contributed by atoms with Crippen LogP contribution >= 0.6 is 7.60 Å². The van der Waals surface area contributed by atoms with Gasteiger partial charge in [-0.3, -0.25) is 0 Å². The number of ether oxygens (including phenoxy) is 1. The lowest BCUT2D eigenvalue weighted by molar-refractivity contribution is 0.137. The number of carbonyl (C=O) groups is 1. The van der Waals surface area contributed by atoms with Gasteiger partial charge in [-0.1, -0.05) is 78.9 Å². The van der Waals surface area contributed by atoms with Gasteiger partial charge in [0.25, 0.3) is 0 Å². The Morgan fingerprint density at radius 2 is 1.38 bits per heavy atom. The lowest BCUT2D eigenvalue weighted by atomic mass is 10.1. The van der Waals surface area contributed by atoms with Crippen LogP contribution in [0.15, 0.2) is 91.0 Å². The average molecular weight is 411 g/mol. The zero-order chi connectivity index (χ0) is 20.5. The molecule has 0 aromatic heterocycles. The zero-order valence-electron chi connectivity index (χ0n) is 15.7. The minimum Gasteiger partial charge on any atom is -0.445 e. The fourth-order valence-corrected chi connectivity index (χ4v) is 3.94. The smallest absolute Gasteiger partial charge is 0.408 e. The fourth-order valence-electron chi connectivity index (χ4n) is 2.68. The van der Waals surface area contributed by atoms with Gasteiger partial charge >= 0.3 is 13.7 Å². The van der Waals surface area contributed by atoms with Gasteiger partial charge in [-0.05, 0) is 23.3 Å². The second kappa shape index (κ2) is 9.92. The zero-order valence-corrected chi connectivity index (χ0v) is 16.6. The van der Waals surface area contributed by atoms with E-state index in [0.29, 0.717) is 0 Å². The first kappa shape index (κ1) is 20.6. The molecule has 0 heterocycles. The van der Waals surface area contributed by atoms with Crippen molar-refractivity contribution in [3.05, 3.63) is 102 Å². The average Bonchev–Trinajstić information content (AvgIpc) is 2.74. The van der Waals surface area contributed by atoms with Crippen molar-refractivity contribution in [2.75, 3.05) is 0 Å². The third-order valence-corrected chi connectivity index (χ3v) is 5.71. The van der Waals surface area contributed by atoms with Crippen LogP contribution in [0.2, 0.25) is 0 Å². The second-order valence-corrected chi connectivity index (χ2v) is 8.31. The molecule has 2 N–H and O–H groups in total. The van der Waals surface area contributed by atoms with Gasteiger partial charge < -0.3 is 19.5 Å². The summed E-state index contributed by atoms with van der Waals surface area (Å²) < 4.78 is 23.5. The molecule has 2 atom stereocenters. The Balaban J connectivity index is 1.71. The van der Waals surface area contributed by atoms with Crippen molar-refractivity contribution in [1.82, 2.24) is 5.32 Å². The molecule has 29 heavy (non-hydrogen) atoms. The van der Waals surface area contributed by atoms with Crippen LogP contribution in [0.1, 0.15) is 11.1 Å². The van der Waals surface area contributed by atoms with Gasteiger partial charge in [0.1, 0.15) is 18.1 Å². The first-order valence-electron chi connectivity index (χ1n) is 9.11. The van der Waals surface area contributed by atoms with Crippen LogP contribution in [0.5, 0.6) is 5.75 Å². The molecule has 0 saturated carbocycles. The van der Waals surface area contributed by atoms with Crippen LogP contribution < -0.4 is 9.84 Å². The number of carbonyl (C=O) groups excluding carboxylic acids is 1. The molecule has 0 fully saturated rings. The molecule has 150 valence electrons. The number of para-hydroxylation sites is 1. The maximum Gasteiger partial charge on any atom is 0.408 e. The predicted octanol–water partition coefficient (Wildman–Crippen LogP) is 4.75. The van der Waals surface area contributed by atoms with E-state index in [1.54, 1.807) is 30.3 Å². The Labute approximate surface area is 169 Å². The normalized spacial score (nSPS) is 13.7. The lowest BCUT2D eigenvalue weighted by Crippen LogP contribution is -2.37. The van der Waals surface area contributed by atoms with Gasteiger partial charge in [-0.25, -0.2) is 9.36 Å². The molecular weight excluding hydrogens is 389 g/mol. The summed E-state index contributed by atoms with van der Waals surface area (Å²) in [6.07, 6.45) is -0.678. The summed E-state index contributed by atoms with van der Waals surface area (Å²) in [5.74, 6) is -0.927. The third-order valence-electron chi connectivity index (χ3n) is 4.14. The standard InChI is InChI=1S/C22H22NO5P/c24-22(27-17-19-12-6-2-7-13-19)23-21(16-18-10-4-1-5-11-18)29(25,26)28-20-14-8-3-9-15-20/h1-15,21H,16-17H2,(H,23,24)(H,25,26). The number of nitrogens with one attached hydrogen (secondary N) is 1. The molecule has 3 aromatic carbocycles. The summed E-state index contributed by atoms with van der Waals surface area (Å²) in [6.45, 7) is 0.0556. The van der Waals surface area contributed by atoms with E-state index in [-0.39, 0.29) is 18.8 Å². The van der Waals surface area contributed by atoms with E-state index in [4.69, 9.17) is 9.26 Å². The molecule has 0 saturated heterocycles. The molecule has 0 spiro atoms. The van der Waals surface area contributed by atoms with E-state index in [0.717, 1.165) is 11.1 Å². The van der Waals surface area contributed by atoms with Crippen molar-refractivity contribution in [3.8, 4) is 5.75 Å². The SMILES string of the molecule is O=C(NC(Cc1ccccc1)P(=O)(O)Oc1ccccc1)OCc1ccccc1. The highest BCUT2D eigenvalue weighted by molar-refractivity contribution is 7.54. The summed E-state index contributed by atoms with van der Waals surface area (Å²) in [7, 11) is -4.25. The van der Waals surface area contributed by atoms with Crippen LogP contribution in [0.25, 0.3) is 0 Å². The number of hydrogen-bond acceptors (Lipinski definition) is 4. The van der Waals surface area contributed by atoms with Gasteiger partial charge in [0.05, 0.1) is 0 Å². The Kier molecular flexibility index (Phi) is 7.06. The van der Waals surface area contributed by atoms with Crippen molar-refractivity contribution in [2.24, 2.45) is 0 Å². The molecule has 3 rings (SSSR count). The largest absolute Gasteiger partial charge is 0.445 e. The molecule has 0 radical (unpaired) electrons. The molecule has 1 amide bonds. The number of benzene rings is 3. The topological polar surface area (TPSA) is 84.9 Å². The van der Waals surface area contributed by atoms with E-state index in [1.165, 1.54) is 0 Å². The van der Waals surface area contributed by atoms with Gasteiger partial charge in [0.2, 0.25) is 0 Å². The second-order valence-electron chi connectivity index (χ2n) is 6.38. The highest BCUT2D eigenvalue weighted by atomic mass is 31.2. The predicted molar refractivity (Wildman–Crippen MR) is 111 cm³/mol. The third kappa shape index (κ3) is 6.49. The Bertz CT molecular complexity index is 951. The molecule has 2 unspecified atom stereocenters. The maximum absolute atomic E-state index is 13.0. The van der Waals surface area contributed by atoms with E-state index < -0.39 is 19.5 Å². The van der Waals surface area contributed by atoms with Gasteiger partial charge in [0, 0.05) is 6.42 Å². The number of amides is 1. The van der Waals surface area contributed by atoms with Crippen molar-refractivity contribution in [3.63, 3.8) is 0 Å². The van der Waals surface area contributed by atoms with Crippen molar-refractivity contribution in [1.29, 1.82) is 0 Å². The quantitative estimate of drug-likeness (QED) is 0.523. The van der Waals surface area contributed by atoms with E-state index in [1.807, 2.05) is 60.7 Å². The van der Waals surface area contributed by atoms with Crippen molar-refractivity contribution in [2.45, 2.75) is 18.8 Å². The minimum atomic E-state index is -4.25. The number of rotatable bonds is 8. The minimum absolute atomic E-state index is 0.0556. The summed E-state index contributed by atoms with van der Waals surface area (Å²) in [5.41, 5.74) is 1.60. The lowest BCUT2D eigenvalue weighted by Gasteiger charge is -2.24. The highest BCUT2D eigenvalue weighted by Gasteiger charge is 2.36. The van der Waals surface area contributed by atoms with Gasteiger partial charge in [-0.15, -0.1) is 0 Å². The summed E-state index contributed by atoms with van der Waals surface area (Å²) in [5, 5.41) is 2.50. The Morgan fingerprint density at radius 1 is 0.862 bits per heavy atom. The maximum atomic E-state index is 13.0. The summed E-state index contributed by atoms with van der Waals surface area (Å²) in [6, 6.07) is 26.6. The first-order valence-corrected chi connectivity index (χ1v) is 10.8. The molecule has 7 heteroatoms. The van der Waals surface area contributed by atoms with Crippen molar-refractivity contribution < 1.29 is 23.5 Å². The van der Waals surface area contributed by atoms with Crippen LogP contribution in [0, 0.1) is 0 Å². The van der Waals surface area contributed by atoms with Crippen molar-refractivity contribution >= 4 is 13.7 Å². The fraction of sp³-hybridized carbons (Fsp3) is 0.136. The Hall–Kier alpha value is -3.08. The molecule has 3 aromatic rings. The van der Waals surface area contributed by atoms with Gasteiger partial charge in [0.15, 0.2) is 0 Å². The van der Waals surface area contributed by atoms with E-state index in [2.05, 4.69) is 5.32 Å². The first-order chi connectivity index (χ1) is 14.0. The molecule has 6 nitrogen and oxygen atoms in total. The van der Waals surface area contributed by atoms with Crippen LogP contribution in [0.3, 0.4) is 0 Å². The number of alkyl carbamates (subject to hydrolysis) is 1. The van der Waals surface area contributed by atoms with E-state index >= 15 is 0 Å². The molecular formula is C22H22NO5P. The Morgan fingerprint density at radius 3 is 1.97 bits per heavy atom. The van der Waals surface area contributed by atoms with Crippen LogP contribution in [-0.4, -0.2) is 16.8 Å². The molecule has 0 aliphatic rings. The van der Waals surface area contributed by atoms with Crippen LogP contribution in [-0.2, 0) is 22.3 Å².